The van der Waals surface area contributed by atoms with Crippen LogP contribution in [-0.4, -0.2) is 290 Å². The maximum absolute atomic E-state index is 13.1. The summed E-state index contributed by atoms with van der Waals surface area (Å²) < 4.78 is 68.5. The van der Waals surface area contributed by atoms with Crippen LogP contribution < -0.4 is 0 Å². The summed E-state index contributed by atoms with van der Waals surface area (Å²) in [6.07, 6.45) is -18.2. The normalized spacial score (nSPS) is 16.6. The van der Waals surface area contributed by atoms with Gasteiger partial charge in [-0.25, -0.2) is 28.8 Å². The maximum Gasteiger partial charge on any atom is 0.333 e. The zero-order chi connectivity index (χ0) is 83.2. The van der Waals surface area contributed by atoms with Gasteiger partial charge in [0.25, 0.3) is 70.9 Å². The Morgan fingerprint density at radius 2 is 0.351 bits per heavy atom. The van der Waals surface area contributed by atoms with E-state index in [-0.39, 0.29) is 107 Å². The summed E-state index contributed by atoms with van der Waals surface area (Å²) in [4.78, 5) is 326. The summed E-state index contributed by atoms with van der Waals surface area (Å²) in [5, 5.41) is 1.48. The number of rotatable bonds is 53. The highest BCUT2D eigenvalue weighted by Gasteiger charge is 2.42. The molecule has 6 fully saturated rings. The van der Waals surface area contributed by atoms with Crippen molar-refractivity contribution in [2.45, 2.75) is 179 Å². The number of imide groups is 6. The van der Waals surface area contributed by atoms with Crippen LogP contribution in [0.1, 0.15) is 154 Å². The Hall–Kier alpha value is -11.8. The smallest absolute Gasteiger partial charge is 0.333 e. The zero-order valence-electron chi connectivity index (χ0n) is 61.0. The molecular weight excluding hydrogens is 1550 g/mol. The van der Waals surface area contributed by atoms with Crippen LogP contribution in [0.15, 0.2) is 0 Å². The number of hydrogen-bond acceptors (Lipinski definition) is 42. The van der Waals surface area contributed by atoms with Gasteiger partial charge in [0, 0.05) is 77.0 Å². The molecule has 6 saturated heterocycles. The third kappa shape index (κ3) is 31.8. The molecule has 0 bridgehead atoms. The highest BCUT2D eigenvalue weighted by molar-refractivity contribution is 6.05. The van der Waals surface area contributed by atoms with E-state index in [1.54, 1.807) is 0 Å². The van der Waals surface area contributed by atoms with E-state index >= 15 is 0 Å². The number of hydroxylamine groups is 12. The van der Waals surface area contributed by atoms with Crippen molar-refractivity contribution in [3.8, 4) is 0 Å². The second-order valence-electron chi connectivity index (χ2n) is 24.2. The van der Waals surface area contributed by atoms with Crippen LogP contribution in [0.2, 0.25) is 0 Å². The van der Waals surface area contributed by atoms with Gasteiger partial charge in [-0.05, 0) is 0 Å². The molecule has 12 amide bonds. The van der Waals surface area contributed by atoms with Crippen molar-refractivity contribution in [2.24, 2.45) is 0 Å². The van der Waals surface area contributed by atoms with E-state index < -0.39 is 336 Å². The van der Waals surface area contributed by atoms with E-state index in [4.69, 9.17) is 85.9 Å². The Morgan fingerprint density at radius 1 is 0.202 bits per heavy atom. The summed E-state index contributed by atoms with van der Waals surface area (Å²) in [7, 11) is 0. The molecule has 0 spiro atoms. The molecule has 6 heterocycles. The summed E-state index contributed by atoms with van der Waals surface area (Å²) in [5.41, 5.74) is 0. The highest BCUT2D eigenvalue weighted by Crippen LogP contribution is 2.23. The lowest BCUT2D eigenvalue weighted by Gasteiger charge is -2.37. The molecule has 48 nitrogen and oxygen atoms in total. The summed E-state index contributed by atoms with van der Waals surface area (Å²) in [6, 6.07) is 0. The number of nitrogens with zero attached hydrogens (tertiary/aromatic N) is 6. The largest absolute Gasteiger partial charge is 0.463 e. The van der Waals surface area contributed by atoms with E-state index in [9.17, 15) is 115 Å². The Kier molecular flexibility index (Phi) is 38.0. The Labute approximate surface area is 643 Å². The number of amides is 12. The number of hydrogen-bond donors (Lipinski definition) is 0. The predicted molar refractivity (Wildman–Crippen MR) is 345 cm³/mol. The third-order valence-corrected chi connectivity index (χ3v) is 15.7. The van der Waals surface area contributed by atoms with E-state index in [2.05, 4.69) is 0 Å². The molecule has 0 aromatic rings. The van der Waals surface area contributed by atoms with Crippen LogP contribution in [0.25, 0.3) is 0 Å². The maximum atomic E-state index is 13.1. The quantitative estimate of drug-likeness (QED) is 0.0243. The Morgan fingerprint density at radius 3 is 0.526 bits per heavy atom. The second kappa shape index (κ2) is 47.6. The van der Waals surface area contributed by atoms with Crippen LogP contribution >= 0.6 is 0 Å². The molecule has 0 aliphatic carbocycles. The van der Waals surface area contributed by atoms with E-state index in [1.165, 1.54) is 0 Å². The van der Waals surface area contributed by atoms with Crippen molar-refractivity contribution in [3.05, 3.63) is 0 Å². The van der Waals surface area contributed by atoms with Crippen molar-refractivity contribution in [1.82, 2.24) is 30.4 Å². The highest BCUT2D eigenvalue weighted by atomic mass is 16.8. The first-order chi connectivity index (χ1) is 54.5. The number of carbonyl (C=O) groups excluding carboxylic acids is 24. The lowest BCUT2D eigenvalue weighted by Crippen LogP contribution is -2.53. The van der Waals surface area contributed by atoms with Gasteiger partial charge >= 0.3 is 71.6 Å². The van der Waals surface area contributed by atoms with Crippen LogP contribution in [0.4, 0.5) is 0 Å². The van der Waals surface area contributed by atoms with Crippen LogP contribution in [-0.2, 0) is 201 Å². The monoisotopic (exact) mass is 1630 g/mol. The van der Waals surface area contributed by atoms with Crippen LogP contribution in [0.3, 0.4) is 0 Å². The Balaban J connectivity index is 1.27. The van der Waals surface area contributed by atoms with Gasteiger partial charge in [0.1, 0.15) is 64.1 Å². The van der Waals surface area contributed by atoms with Gasteiger partial charge in [-0.1, -0.05) is 0 Å². The lowest BCUT2D eigenvalue weighted by molar-refractivity contribution is -0.207. The van der Waals surface area contributed by atoms with Gasteiger partial charge in [-0.2, -0.15) is 0 Å². The van der Waals surface area contributed by atoms with Gasteiger partial charge in [0.2, 0.25) is 0 Å². The molecule has 0 N–H and O–H groups in total. The number of ether oxygens (including phenoxy) is 12. The van der Waals surface area contributed by atoms with Crippen LogP contribution in [0.5, 0.6) is 0 Å². The fraction of sp³-hybridized carbons (Fsp3) is 0.636. The molecule has 114 heavy (non-hydrogen) atoms. The molecule has 0 aromatic carbocycles. The minimum absolute atomic E-state index is 0.220. The molecule has 48 heteroatoms. The first kappa shape index (κ1) is 91.1. The van der Waals surface area contributed by atoms with Gasteiger partial charge in [-0.15, -0.1) is 30.4 Å². The minimum Gasteiger partial charge on any atom is -0.463 e. The van der Waals surface area contributed by atoms with Crippen molar-refractivity contribution in [1.29, 1.82) is 0 Å². The molecule has 0 saturated carbocycles. The van der Waals surface area contributed by atoms with E-state index in [1.807, 2.05) is 0 Å². The van der Waals surface area contributed by atoms with E-state index in [0.717, 1.165) is 0 Å². The minimum atomic E-state index is -1.82. The van der Waals surface area contributed by atoms with Gasteiger partial charge in [-0.3, -0.25) is 86.3 Å². The molecule has 6 rings (SSSR count). The molecule has 4 unspecified atom stereocenters. The molecule has 626 valence electrons. The molecule has 6 aliphatic rings. The first-order valence-electron chi connectivity index (χ1n) is 35.4. The Bertz CT molecular complexity index is 3320. The summed E-state index contributed by atoms with van der Waals surface area (Å²) in [6.45, 7) is -9.52. The molecule has 4 atom stereocenters. The fourth-order valence-corrected chi connectivity index (χ4v) is 10.0. The zero-order valence-corrected chi connectivity index (χ0v) is 61.0. The van der Waals surface area contributed by atoms with E-state index in [0.29, 0.717) is 0 Å². The average molecular weight is 1630 g/mol. The molecule has 6 aliphatic heterocycles. The fourth-order valence-electron chi connectivity index (χ4n) is 10.0. The molecule has 0 aromatic heterocycles. The van der Waals surface area contributed by atoms with Crippen LogP contribution in [0, 0.1) is 0 Å². The van der Waals surface area contributed by atoms with Crippen molar-refractivity contribution >= 4 is 143 Å². The van der Waals surface area contributed by atoms with Crippen molar-refractivity contribution < 1.29 is 201 Å². The summed E-state index contributed by atoms with van der Waals surface area (Å²) in [5.74, 6) is -23.2. The number of carbonyl (C=O) groups is 24. The topological polar surface area (TPSA) is 595 Å². The third-order valence-electron chi connectivity index (χ3n) is 15.7. The van der Waals surface area contributed by atoms with Gasteiger partial charge in [0.05, 0.1) is 130 Å². The standard InChI is InChI=1S/C66H80N6O42/c73-41-1-2-42(74)67(41)109-59(91)19-13-53(85)101-27-25-97-37-39(99-29-31-103-55(87)15-21-61(93)111-69-45(77)5-6-46(69)78)65(107-35-33-105-57(89)17-23-63(95)113-71-49(81)9-10-50(71)82)66(108-36-34-106-58(90)18-24-64(96)114-72-51(83)11-12-52(72)84)40(100-30-32-104-56(88)16-22-62(94)112-70-47(79)7-8-48(70)80)38-98-26-28-102-54(86)14-20-60(92)110-68-43(75)3-4-44(68)76/h39-40,65-66H,1-38H2. The second-order valence-corrected chi connectivity index (χ2v) is 24.2. The number of esters is 6. The first-order valence-corrected chi connectivity index (χ1v) is 35.4. The molecule has 0 radical (unpaired) electrons. The van der Waals surface area contributed by atoms with Gasteiger partial charge in [0.15, 0.2) is 0 Å². The summed E-state index contributed by atoms with van der Waals surface area (Å²) >= 11 is 0. The average Bonchev–Trinajstić information content (AvgIpc) is 1.51. The SMILES string of the molecule is O=C(CCC(=O)ON1C(=O)CCC1=O)OCCOCC(OCCOC(=O)CCC(=O)ON1C(=O)CCC1=O)C(OCCOC(=O)CCC(=O)ON1C(=O)CCC1=O)C(OCCOC(=O)CCC(=O)ON1C(=O)CCC1=O)C(COCCOC(=O)CCC(=O)ON1C(=O)CCC1=O)OCCOC(=O)CCC(=O)ON1C(=O)CCC1=O. The lowest BCUT2D eigenvalue weighted by atomic mass is 10.0. The van der Waals surface area contributed by atoms with Crippen molar-refractivity contribution in [3.63, 3.8) is 0 Å². The predicted octanol–water partition coefficient (Wildman–Crippen LogP) is -3.86. The van der Waals surface area contributed by atoms with Crippen molar-refractivity contribution in [2.75, 3.05) is 92.5 Å². The molecular formula is C66H80N6O42. The van der Waals surface area contributed by atoms with Gasteiger partial charge < -0.3 is 85.9 Å².